The highest BCUT2D eigenvalue weighted by Crippen LogP contribution is 2.27. The number of aryl methyl sites for hydroxylation is 1. The van der Waals surface area contributed by atoms with E-state index in [-0.39, 0.29) is 0 Å². The summed E-state index contributed by atoms with van der Waals surface area (Å²) < 4.78 is 5.40. The van der Waals surface area contributed by atoms with Crippen LogP contribution in [0.15, 0.2) is 36.7 Å². The second kappa shape index (κ2) is 5.88. The first-order chi connectivity index (χ1) is 9.84. The Kier molecular flexibility index (Phi) is 3.78. The van der Waals surface area contributed by atoms with Crippen molar-refractivity contribution in [1.29, 1.82) is 0 Å². The van der Waals surface area contributed by atoms with Crippen LogP contribution in [-0.4, -0.2) is 36.3 Å². The number of morpholine rings is 1. The Bertz CT molecular complexity index is 582. The fourth-order valence-electron chi connectivity index (χ4n) is 2.27. The van der Waals surface area contributed by atoms with E-state index < -0.39 is 0 Å². The Morgan fingerprint density at radius 3 is 2.65 bits per heavy atom. The average molecular weight is 270 g/mol. The zero-order valence-electron chi connectivity index (χ0n) is 11.5. The number of rotatable bonds is 3. The lowest BCUT2D eigenvalue weighted by atomic mass is 10.2. The number of nitrogens with zero attached hydrogens (tertiary/aromatic N) is 3. The van der Waals surface area contributed by atoms with Gasteiger partial charge in [-0.2, -0.15) is 0 Å². The Morgan fingerprint density at radius 1 is 1.10 bits per heavy atom. The minimum absolute atomic E-state index is 0.749. The van der Waals surface area contributed by atoms with Gasteiger partial charge in [0.05, 0.1) is 18.9 Å². The van der Waals surface area contributed by atoms with Gasteiger partial charge < -0.3 is 15.0 Å². The third-order valence-electron chi connectivity index (χ3n) is 3.36. The summed E-state index contributed by atoms with van der Waals surface area (Å²) in [4.78, 5) is 11.1. The maximum atomic E-state index is 5.40. The Hall–Kier alpha value is -2.14. The van der Waals surface area contributed by atoms with E-state index in [1.165, 1.54) is 0 Å². The van der Waals surface area contributed by atoms with E-state index in [0.717, 1.165) is 49.2 Å². The molecular formula is C15H18N4O. The number of aromatic nitrogens is 2. The van der Waals surface area contributed by atoms with Crippen molar-refractivity contribution in [3.63, 3.8) is 0 Å². The molecule has 104 valence electrons. The van der Waals surface area contributed by atoms with Crippen molar-refractivity contribution in [2.75, 3.05) is 36.5 Å². The first-order valence-corrected chi connectivity index (χ1v) is 6.81. The predicted molar refractivity (Wildman–Crippen MR) is 79.5 cm³/mol. The number of ether oxygens (including phenoxy) is 1. The van der Waals surface area contributed by atoms with E-state index >= 15 is 0 Å². The largest absolute Gasteiger partial charge is 0.378 e. The molecule has 2 aromatic rings. The molecule has 0 saturated carbocycles. The number of hydrogen-bond donors (Lipinski definition) is 1. The molecule has 2 aromatic heterocycles. The summed E-state index contributed by atoms with van der Waals surface area (Å²) in [6.07, 6.45) is 3.61. The van der Waals surface area contributed by atoms with Crippen molar-refractivity contribution in [2.24, 2.45) is 0 Å². The third kappa shape index (κ3) is 2.72. The Morgan fingerprint density at radius 2 is 1.85 bits per heavy atom. The van der Waals surface area contributed by atoms with Gasteiger partial charge >= 0.3 is 0 Å². The number of hydrogen-bond acceptors (Lipinski definition) is 5. The fourth-order valence-corrected chi connectivity index (χ4v) is 2.27. The maximum Gasteiger partial charge on any atom is 0.152 e. The van der Waals surface area contributed by atoms with Gasteiger partial charge in [0.25, 0.3) is 0 Å². The van der Waals surface area contributed by atoms with Crippen molar-refractivity contribution >= 4 is 17.3 Å². The highest BCUT2D eigenvalue weighted by Gasteiger charge is 2.16. The lowest BCUT2D eigenvalue weighted by Gasteiger charge is -2.29. The molecule has 1 N–H and O–H groups in total. The van der Waals surface area contributed by atoms with E-state index in [2.05, 4.69) is 20.2 Å². The minimum atomic E-state index is 0.749. The summed E-state index contributed by atoms with van der Waals surface area (Å²) in [5.41, 5.74) is 2.10. The van der Waals surface area contributed by atoms with E-state index in [9.17, 15) is 0 Å². The van der Waals surface area contributed by atoms with Gasteiger partial charge in [-0.1, -0.05) is 6.07 Å². The second-order valence-corrected chi connectivity index (χ2v) is 4.77. The molecule has 5 heteroatoms. The number of pyridine rings is 2. The van der Waals surface area contributed by atoms with E-state index in [1.807, 2.05) is 37.4 Å². The van der Waals surface area contributed by atoms with Gasteiger partial charge in [-0.25, -0.2) is 9.97 Å². The Balaban J connectivity index is 1.88. The first-order valence-electron chi connectivity index (χ1n) is 6.81. The summed E-state index contributed by atoms with van der Waals surface area (Å²) in [6, 6.07) is 7.95. The summed E-state index contributed by atoms with van der Waals surface area (Å²) in [5, 5.41) is 3.38. The van der Waals surface area contributed by atoms with E-state index in [4.69, 9.17) is 4.74 Å². The van der Waals surface area contributed by atoms with Crippen LogP contribution >= 0.6 is 0 Å². The monoisotopic (exact) mass is 270 g/mol. The van der Waals surface area contributed by atoms with Crippen LogP contribution in [0.4, 0.5) is 17.3 Å². The molecule has 1 fully saturated rings. The molecule has 0 spiro atoms. The van der Waals surface area contributed by atoms with Crippen LogP contribution in [0.3, 0.4) is 0 Å². The summed E-state index contributed by atoms with van der Waals surface area (Å²) in [7, 11) is 0. The van der Waals surface area contributed by atoms with Crippen LogP contribution in [-0.2, 0) is 4.74 Å². The molecule has 3 rings (SSSR count). The second-order valence-electron chi connectivity index (χ2n) is 4.77. The molecular weight excluding hydrogens is 252 g/mol. The van der Waals surface area contributed by atoms with E-state index in [0.29, 0.717) is 0 Å². The molecule has 1 aliphatic heterocycles. The van der Waals surface area contributed by atoms with Crippen molar-refractivity contribution in [3.05, 3.63) is 42.2 Å². The first kappa shape index (κ1) is 12.9. The molecule has 0 aromatic carbocycles. The molecule has 0 atom stereocenters. The van der Waals surface area contributed by atoms with E-state index in [1.54, 1.807) is 6.20 Å². The van der Waals surface area contributed by atoms with Crippen molar-refractivity contribution < 1.29 is 4.74 Å². The summed E-state index contributed by atoms with van der Waals surface area (Å²) in [5.74, 6) is 1.83. The van der Waals surface area contributed by atoms with Crippen LogP contribution in [0.2, 0.25) is 0 Å². The zero-order valence-corrected chi connectivity index (χ0v) is 11.5. The predicted octanol–water partition coefficient (Wildman–Crippen LogP) is 2.37. The topological polar surface area (TPSA) is 50.3 Å². The van der Waals surface area contributed by atoms with Gasteiger partial charge in [0.1, 0.15) is 5.82 Å². The van der Waals surface area contributed by atoms with Gasteiger partial charge in [0.15, 0.2) is 5.82 Å². The lowest BCUT2D eigenvalue weighted by Crippen LogP contribution is -2.37. The molecule has 1 aliphatic rings. The van der Waals surface area contributed by atoms with Crippen LogP contribution in [0.5, 0.6) is 0 Å². The smallest absolute Gasteiger partial charge is 0.152 e. The molecule has 0 bridgehead atoms. The summed E-state index contributed by atoms with van der Waals surface area (Å²) >= 11 is 0. The standard InChI is InChI=1S/C15H18N4O/c1-12-4-2-6-16-14(12)18-13-5-3-7-17-15(13)19-8-10-20-11-9-19/h2-7H,8-11H2,1H3,(H,16,18). The average Bonchev–Trinajstić information content (AvgIpc) is 2.51. The van der Waals surface area contributed by atoms with Crippen molar-refractivity contribution in [2.45, 2.75) is 6.92 Å². The van der Waals surface area contributed by atoms with Gasteiger partial charge in [-0.3, -0.25) is 0 Å². The molecule has 0 aliphatic carbocycles. The molecule has 1 saturated heterocycles. The van der Waals surface area contributed by atoms with Crippen LogP contribution in [0.1, 0.15) is 5.56 Å². The van der Waals surface area contributed by atoms with Crippen molar-refractivity contribution in [3.8, 4) is 0 Å². The molecule has 3 heterocycles. The Labute approximate surface area is 118 Å². The quantitative estimate of drug-likeness (QED) is 0.928. The highest BCUT2D eigenvalue weighted by molar-refractivity contribution is 5.71. The number of anilines is 3. The van der Waals surface area contributed by atoms with Gasteiger partial charge in [0.2, 0.25) is 0 Å². The minimum Gasteiger partial charge on any atom is -0.378 e. The fraction of sp³-hybridized carbons (Fsp3) is 0.333. The highest BCUT2D eigenvalue weighted by atomic mass is 16.5. The molecule has 20 heavy (non-hydrogen) atoms. The summed E-state index contributed by atoms with van der Waals surface area (Å²) in [6.45, 7) is 5.27. The molecule has 0 radical (unpaired) electrons. The van der Waals surface area contributed by atoms with Crippen LogP contribution in [0, 0.1) is 6.92 Å². The lowest BCUT2D eigenvalue weighted by molar-refractivity contribution is 0.122. The number of nitrogens with one attached hydrogen (secondary N) is 1. The van der Waals surface area contributed by atoms with Crippen LogP contribution in [0.25, 0.3) is 0 Å². The SMILES string of the molecule is Cc1cccnc1Nc1cccnc1N1CCOCC1. The van der Waals surface area contributed by atoms with Gasteiger partial charge in [-0.05, 0) is 30.7 Å². The van der Waals surface area contributed by atoms with Crippen molar-refractivity contribution in [1.82, 2.24) is 9.97 Å². The molecule has 0 amide bonds. The normalized spacial score (nSPS) is 15.2. The third-order valence-corrected chi connectivity index (χ3v) is 3.36. The van der Waals surface area contributed by atoms with Gasteiger partial charge in [0, 0.05) is 25.5 Å². The zero-order chi connectivity index (χ0) is 13.8. The van der Waals surface area contributed by atoms with Crippen LogP contribution < -0.4 is 10.2 Å². The maximum absolute atomic E-state index is 5.40. The molecule has 0 unspecified atom stereocenters. The molecule has 5 nitrogen and oxygen atoms in total. The van der Waals surface area contributed by atoms with Gasteiger partial charge in [-0.15, -0.1) is 0 Å².